The first kappa shape index (κ1) is 12.7. The molecule has 17 heavy (non-hydrogen) atoms. The lowest BCUT2D eigenvalue weighted by Crippen LogP contribution is -2.18. The van der Waals surface area contributed by atoms with E-state index in [1.165, 1.54) is 0 Å². The number of hydrogen-bond acceptors (Lipinski definition) is 2. The number of likely N-dealkylation sites (N-methyl/N-ethyl adjacent to an activating group) is 1. The SMILES string of the molecule is Cc1cc(C(=O)CCl)c(C)n1C1CCN(C)C1. The quantitative estimate of drug-likeness (QED) is 0.611. The van der Waals surface area contributed by atoms with E-state index in [4.69, 9.17) is 11.6 Å². The molecule has 1 aromatic rings. The minimum atomic E-state index is 0.0253. The monoisotopic (exact) mass is 254 g/mol. The Balaban J connectivity index is 2.35. The first-order valence-electron chi connectivity index (χ1n) is 6.00. The molecule has 1 aliphatic rings. The molecule has 0 N–H and O–H groups in total. The van der Waals surface area contributed by atoms with Crippen molar-refractivity contribution in [3.05, 3.63) is 23.0 Å². The van der Waals surface area contributed by atoms with Crippen LogP contribution in [0.15, 0.2) is 6.07 Å². The number of rotatable bonds is 3. The molecule has 1 saturated heterocycles. The number of ketones is 1. The molecule has 1 unspecified atom stereocenters. The Bertz CT molecular complexity index is 439. The fourth-order valence-electron chi connectivity index (χ4n) is 2.82. The Labute approximate surface area is 107 Å². The van der Waals surface area contributed by atoms with E-state index < -0.39 is 0 Å². The van der Waals surface area contributed by atoms with Crippen LogP contribution in [0.2, 0.25) is 0 Å². The fourth-order valence-corrected chi connectivity index (χ4v) is 2.96. The number of aryl methyl sites for hydroxylation is 1. The van der Waals surface area contributed by atoms with Crippen molar-refractivity contribution in [3.8, 4) is 0 Å². The summed E-state index contributed by atoms with van der Waals surface area (Å²) in [4.78, 5) is 14.0. The van der Waals surface area contributed by atoms with Crippen molar-refractivity contribution in [2.45, 2.75) is 26.3 Å². The van der Waals surface area contributed by atoms with E-state index >= 15 is 0 Å². The number of alkyl halides is 1. The molecule has 0 aromatic carbocycles. The molecule has 2 rings (SSSR count). The molecule has 2 heterocycles. The zero-order valence-corrected chi connectivity index (χ0v) is 11.4. The van der Waals surface area contributed by atoms with E-state index in [0.717, 1.165) is 36.5 Å². The van der Waals surface area contributed by atoms with E-state index in [-0.39, 0.29) is 11.7 Å². The Morgan fingerprint density at radius 2 is 2.24 bits per heavy atom. The Morgan fingerprint density at radius 1 is 1.53 bits per heavy atom. The molecule has 4 heteroatoms. The van der Waals surface area contributed by atoms with E-state index in [2.05, 4.69) is 23.4 Å². The summed E-state index contributed by atoms with van der Waals surface area (Å²) in [5.41, 5.74) is 3.01. The van der Waals surface area contributed by atoms with Crippen LogP contribution in [0.25, 0.3) is 0 Å². The minimum Gasteiger partial charge on any atom is -0.344 e. The molecule has 0 amide bonds. The molecule has 1 fully saturated rings. The van der Waals surface area contributed by atoms with Gasteiger partial charge in [0.25, 0.3) is 0 Å². The van der Waals surface area contributed by atoms with Gasteiger partial charge in [-0.1, -0.05) is 0 Å². The van der Waals surface area contributed by atoms with Gasteiger partial charge in [0, 0.05) is 29.5 Å². The normalized spacial score (nSPS) is 21.1. The Kier molecular flexibility index (Phi) is 3.59. The van der Waals surface area contributed by atoms with Crippen LogP contribution >= 0.6 is 11.6 Å². The van der Waals surface area contributed by atoms with E-state index in [9.17, 15) is 4.79 Å². The van der Waals surface area contributed by atoms with Crippen molar-refractivity contribution in [1.82, 2.24) is 9.47 Å². The van der Waals surface area contributed by atoms with Gasteiger partial charge >= 0.3 is 0 Å². The van der Waals surface area contributed by atoms with Gasteiger partial charge in [-0.05, 0) is 39.9 Å². The van der Waals surface area contributed by atoms with Gasteiger partial charge < -0.3 is 9.47 Å². The van der Waals surface area contributed by atoms with Crippen molar-refractivity contribution in [1.29, 1.82) is 0 Å². The highest BCUT2D eigenvalue weighted by atomic mass is 35.5. The third kappa shape index (κ3) is 2.26. The van der Waals surface area contributed by atoms with Gasteiger partial charge in [0.1, 0.15) is 0 Å². The molecule has 0 bridgehead atoms. The molecule has 0 spiro atoms. The summed E-state index contributed by atoms with van der Waals surface area (Å²) in [6.07, 6.45) is 1.15. The summed E-state index contributed by atoms with van der Waals surface area (Å²) < 4.78 is 2.29. The molecule has 94 valence electrons. The van der Waals surface area contributed by atoms with Gasteiger partial charge in [-0.3, -0.25) is 4.79 Å². The maximum atomic E-state index is 11.7. The Morgan fingerprint density at radius 3 is 2.76 bits per heavy atom. The van der Waals surface area contributed by atoms with Gasteiger partial charge in [-0.15, -0.1) is 11.6 Å². The third-order valence-corrected chi connectivity index (χ3v) is 3.88. The van der Waals surface area contributed by atoms with Gasteiger partial charge in [-0.25, -0.2) is 0 Å². The molecule has 3 nitrogen and oxygen atoms in total. The number of likely N-dealkylation sites (tertiary alicyclic amines) is 1. The average molecular weight is 255 g/mol. The predicted molar refractivity (Wildman–Crippen MR) is 70.1 cm³/mol. The molecule has 0 saturated carbocycles. The molecular weight excluding hydrogens is 236 g/mol. The molecule has 1 aliphatic heterocycles. The number of nitrogens with zero attached hydrogens (tertiary/aromatic N) is 2. The lowest BCUT2D eigenvalue weighted by Gasteiger charge is -2.17. The highest BCUT2D eigenvalue weighted by Crippen LogP contribution is 2.27. The smallest absolute Gasteiger partial charge is 0.179 e. The maximum Gasteiger partial charge on any atom is 0.179 e. The summed E-state index contributed by atoms with van der Waals surface area (Å²) in [7, 11) is 2.14. The predicted octanol–water partition coefficient (Wildman–Crippen LogP) is 2.40. The second-order valence-corrected chi connectivity index (χ2v) is 5.18. The first-order chi connectivity index (χ1) is 8.04. The number of hydrogen-bond donors (Lipinski definition) is 0. The van der Waals surface area contributed by atoms with Gasteiger partial charge in [0.05, 0.1) is 5.88 Å². The molecule has 0 radical (unpaired) electrons. The number of halogens is 1. The first-order valence-corrected chi connectivity index (χ1v) is 6.54. The van der Waals surface area contributed by atoms with Gasteiger partial charge in [0.2, 0.25) is 0 Å². The molecule has 1 aromatic heterocycles. The second kappa shape index (κ2) is 4.83. The number of aromatic nitrogens is 1. The zero-order valence-electron chi connectivity index (χ0n) is 10.7. The summed E-state index contributed by atoms with van der Waals surface area (Å²) in [5.74, 6) is 0.0897. The minimum absolute atomic E-state index is 0.0253. The summed E-state index contributed by atoms with van der Waals surface area (Å²) in [6, 6.07) is 2.47. The number of Topliss-reactive ketones (excluding diaryl/α,β-unsaturated/α-hetero) is 1. The van der Waals surface area contributed by atoms with Crippen LogP contribution < -0.4 is 0 Å². The van der Waals surface area contributed by atoms with Crippen LogP contribution in [-0.4, -0.2) is 41.3 Å². The van der Waals surface area contributed by atoms with Gasteiger partial charge in [-0.2, -0.15) is 0 Å². The van der Waals surface area contributed by atoms with Crippen LogP contribution in [0.5, 0.6) is 0 Å². The van der Waals surface area contributed by atoms with Crippen molar-refractivity contribution >= 4 is 17.4 Å². The molecular formula is C13H19ClN2O. The highest BCUT2D eigenvalue weighted by Gasteiger charge is 2.25. The largest absolute Gasteiger partial charge is 0.344 e. The van der Waals surface area contributed by atoms with E-state index in [1.807, 2.05) is 13.0 Å². The highest BCUT2D eigenvalue weighted by molar-refractivity contribution is 6.30. The topological polar surface area (TPSA) is 25.2 Å². The van der Waals surface area contributed by atoms with Crippen LogP contribution in [0.1, 0.15) is 34.2 Å². The lowest BCUT2D eigenvalue weighted by atomic mass is 10.2. The van der Waals surface area contributed by atoms with E-state index in [0.29, 0.717) is 6.04 Å². The Hall–Kier alpha value is -0.800. The van der Waals surface area contributed by atoms with Crippen molar-refractivity contribution in [3.63, 3.8) is 0 Å². The van der Waals surface area contributed by atoms with Crippen LogP contribution in [0, 0.1) is 13.8 Å². The second-order valence-electron chi connectivity index (χ2n) is 4.92. The molecule has 1 atom stereocenters. The van der Waals surface area contributed by atoms with Crippen molar-refractivity contribution in [2.75, 3.05) is 26.0 Å². The van der Waals surface area contributed by atoms with Crippen molar-refractivity contribution < 1.29 is 4.79 Å². The van der Waals surface area contributed by atoms with Gasteiger partial charge in [0.15, 0.2) is 5.78 Å². The average Bonchev–Trinajstić information content (AvgIpc) is 2.82. The maximum absolute atomic E-state index is 11.7. The van der Waals surface area contributed by atoms with Crippen LogP contribution in [0.3, 0.4) is 0 Å². The van der Waals surface area contributed by atoms with Crippen molar-refractivity contribution in [2.24, 2.45) is 0 Å². The fraction of sp³-hybridized carbons (Fsp3) is 0.615. The standard InChI is InChI=1S/C13H19ClN2O/c1-9-6-12(13(17)7-14)10(2)16(9)11-4-5-15(3)8-11/h6,11H,4-5,7-8H2,1-3H3. The number of carbonyl (C=O) groups excluding carboxylic acids is 1. The summed E-state index contributed by atoms with van der Waals surface area (Å²) in [5, 5.41) is 0. The lowest BCUT2D eigenvalue weighted by molar-refractivity contribution is 0.102. The van der Waals surface area contributed by atoms with Crippen LogP contribution in [-0.2, 0) is 0 Å². The number of carbonyl (C=O) groups is 1. The van der Waals surface area contributed by atoms with E-state index in [1.54, 1.807) is 0 Å². The third-order valence-electron chi connectivity index (χ3n) is 3.64. The zero-order chi connectivity index (χ0) is 12.6. The molecule has 0 aliphatic carbocycles. The summed E-state index contributed by atoms with van der Waals surface area (Å²) >= 11 is 5.64. The van der Waals surface area contributed by atoms with Crippen LogP contribution in [0.4, 0.5) is 0 Å². The summed E-state index contributed by atoms with van der Waals surface area (Å²) in [6.45, 7) is 6.27.